The first-order valence-electron chi connectivity index (χ1n) is 9.35. The lowest BCUT2D eigenvalue weighted by atomic mass is 9.84. The number of halogens is 3. The maximum absolute atomic E-state index is 12.8. The fourth-order valence-corrected chi connectivity index (χ4v) is 3.94. The highest BCUT2D eigenvalue weighted by molar-refractivity contribution is 8.00. The number of nitrogens with zero attached hydrogens (tertiary/aromatic N) is 2. The summed E-state index contributed by atoms with van der Waals surface area (Å²) in [4.78, 5) is 45.2. The maximum Gasteiger partial charge on any atom is 0.433 e. The monoisotopic (exact) mass is 457 g/mol. The SMILES string of the molecule is C[C@H](Sc1nccc(C(F)(F)F)n1)C(=O)Nc1ccc2c(c1)C(=O)c1ccccc1C2=O. The number of carbonyl (C=O) groups is 3. The van der Waals surface area contributed by atoms with Crippen molar-refractivity contribution in [3.8, 4) is 0 Å². The fraction of sp³-hybridized carbons (Fsp3) is 0.136. The number of alkyl halides is 3. The van der Waals surface area contributed by atoms with Gasteiger partial charge in [-0.3, -0.25) is 14.4 Å². The molecule has 1 N–H and O–H groups in total. The van der Waals surface area contributed by atoms with E-state index in [-0.39, 0.29) is 33.5 Å². The number of benzene rings is 2. The Kier molecular flexibility index (Phi) is 5.55. The number of thioether (sulfide) groups is 1. The van der Waals surface area contributed by atoms with E-state index in [9.17, 15) is 27.6 Å². The minimum atomic E-state index is -4.62. The Labute approximate surface area is 184 Å². The highest BCUT2D eigenvalue weighted by Gasteiger charge is 2.33. The van der Waals surface area contributed by atoms with Crippen molar-refractivity contribution >= 4 is 34.9 Å². The molecule has 10 heteroatoms. The van der Waals surface area contributed by atoms with Crippen LogP contribution in [0.5, 0.6) is 0 Å². The second-order valence-electron chi connectivity index (χ2n) is 6.94. The third-order valence-electron chi connectivity index (χ3n) is 4.77. The molecule has 1 aromatic heterocycles. The van der Waals surface area contributed by atoms with Crippen molar-refractivity contribution in [1.29, 1.82) is 0 Å². The largest absolute Gasteiger partial charge is 0.433 e. The molecule has 6 nitrogen and oxygen atoms in total. The summed E-state index contributed by atoms with van der Waals surface area (Å²) >= 11 is 0.766. The zero-order chi connectivity index (χ0) is 23.0. The molecule has 0 bridgehead atoms. The van der Waals surface area contributed by atoms with Gasteiger partial charge in [0.15, 0.2) is 16.7 Å². The van der Waals surface area contributed by atoms with Gasteiger partial charge in [-0.2, -0.15) is 13.2 Å². The van der Waals surface area contributed by atoms with Gasteiger partial charge in [-0.1, -0.05) is 36.0 Å². The quantitative estimate of drug-likeness (QED) is 0.361. The van der Waals surface area contributed by atoms with Crippen LogP contribution in [-0.4, -0.2) is 32.7 Å². The highest BCUT2D eigenvalue weighted by atomic mass is 32.2. The van der Waals surface area contributed by atoms with Crippen LogP contribution in [0.15, 0.2) is 59.9 Å². The number of aromatic nitrogens is 2. The number of hydrogen-bond acceptors (Lipinski definition) is 6. The van der Waals surface area contributed by atoms with E-state index in [4.69, 9.17) is 0 Å². The van der Waals surface area contributed by atoms with Crippen LogP contribution >= 0.6 is 11.8 Å². The van der Waals surface area contributed by atoms with Gasteiger partial charge in [0.1, 0.15) is 5.69 Å². The summed E-state index contributed by atoms with van der Waals surface area (Å²) in [6.07, 6.45) is -3.64. The molecule has 1 aliphatic rings. The first kappa shape index (κ1) is 21.7. The van der Waals surface area contributed by atoms with Gasteiger partial charge in [0.05, 0.1) is 5.25 Å². The van der Waals surface area contributed by atoms with Gasteiger partial charge in [0.2, 0.25) is 5.91 Å². The van der Waals surface area contributed by atoms with Crippen LogP contribution in [0.3, 0.4) is 0 Å². The average Bonchev–Trinajstić information content (AvgIpc) is 2.77. The zero-order valence-electron chi connectivity index (χ0n) is 16.4. The number of carbonyl (C=O) groups excluding carboxylic acids is 3. The molecule has 0 aliphatic heterocycles. The Morgan fingerprint density at radius 2 is 1.59 bits per heavy atom. The van der Waals surface area contributed by atoms with E-state index in [1.54, 1.807) is 24.3 Å². The number of nitrogens with one attached hydrogen (secondary N) is 1. The predicted molar refractivity (Wildman–Crippen MR) is 111 cm³/mol. The number of hydrogen-bond donors (Lipinski definition) is 1. The maximum atomic E-state index is 12.8. The van der Waals surface area contributed by atoms with Crippen molar-refractivity contribution in [2.75, 3.05) is 5.32 Å². The average molecular weight is 457 g/mol. The van der Waals surface area contributed by atoms with Gasteiger partial charge >= 0.3 is 6.18 Å². The van der Waals surface area contributed by atoms with E-state index < -0.39 is 23.0 Å². The molecule has 1 aliphatic carbocycles. The highest BCUT2D eigenvalue weighted by Crippen LogP contribution is 2.31. The standard InChI is InChI=1S/C22H14F3N3O3S/c1-11(32-21-26-9-8-17(28-21)22(23,24)25)20(31)27-12-6-7-15-16(10-12)19(30)14-5-3-2-4-13(14)18(15)29/h2-11H,1H3,(H,27,31)/t11-/m0/s1. The van der Waals surface area contributed by atoms with E-state index in [2.05, 4.69) is 15.3 Å². The molecular weight excluding hydrogens is 443 g/mol. The minimum Gasteiger partial charge on any atom is -0.325 e. The molecule has 3 aromatic rings. The van der Waals surface area contributed by atoms with Crippen LogP contribution in [0, 0.1) is 0 Å². The molecule has 0 unspecified atom stereocenters. The van der Waals surface area contributed by atoms with E-state index in [1.165, 1.54) is 25.1 Å². The van der Waals surface area contributed by atoms with Crippen molar-refractivity contribution in [2.45, 2.75) is 23.5 Å². The third kappa shape index (κ3) is 4.13. The van der Waals surface area contributed by atoms with Crippen LogP contribution in [0.4, 0.5) is 18.9 Å². The van der Waals surface area contributed by atoms with Crippen LogP contribution < -0.4 is 5.32 Å². The third-order valence-corrected chi connectivity index (χ3v) is 5.74. The summed E-state index contributed by atoms with van der Waals surface area (Å²) in [5.41, 5.74) is 0.221. The zero-order valence-corrected chi connectivity index (χ0v) is 17.3. The van der Waals surface area contributed by atoms with Crippen molar-refractivity contribution in [1.82, 2.24) is 9.97 Å². The predicted octanol–water partition coefficient (Wildman–Crippen LogP) is 4.39. The van der Waals surface area contributed by atoms with Crippen molar-refractivity contribution in [2.24, 2.45) is 0 Å². The summed E-state index contributed by atoms with van der Waals surface area (Å²) < 4.78 is 38.4. The van der Waals surface area contributed by atoms with E-state index in [1.807, 2.05) is 0 Å². The summed E-state index contributed by atoms with van der Waals surface area (Å²) in [7, 11) is 0. The normalized spacial score (nSPS) is 13.9. The number of anilines is 1. The molecular formula is C22H14F3N3O3S. The lowest BCUT2D eigenvalue weighted by Crippen LogP contribution is -2.24. The van der Waals surface area contributed by atoms with Crippen LogP contribution in [0.2, 0.25) is 0 Å². The van der Waals surface area contributed by atoms with Gasteiger partial charge in [-0.25, -0.2) is 9.97 Å². The van der Waals surface area contributed by atoms with Gasteiger partial charge in [-0.15, -0.1) is 0 Å². The molecule has 2 aromatic carbocycles. The van der Waals surface area contributed by atoms with Crippen molar-refractivity contribution in [3.63, 3.8) is 0 Å². The van der Waals surface area contributed by atoms with Crippen molar-refractivity contribution in [3.05, 3.63) is 82.7 Å². The Hall–Kier alpha value is -3.53. The molecule has 1 amide bonds. The smallest absolute Gasteiger partial charge is 0.325 e. The molecule has 32 heavy (non-hydrogen) atoms. The summed E-state index contributed by atoms with van der Waals surface area (Å²) in [5, 5.41) is 1.60. The first-order valence-corrected chi connectivity index (χ1v) is 10.2. The van der Waals surface area contributed by atoms with Crippen LogP contribution in [0.1, 0.15) is 44.5 Å². The van der Waals surface area contributed by atoms with Gasteiger partial charge in [0.25, 0.3) is 0 Å². The second kappa shape index (κ2) is 8.19. The molecule has 0 fully saturated rings. The van der Waals surface area contributed by atoms with E-state index in [0.29, 0.717) is 11.1 Å². The lowest BCUT2D eigenvalue weighted by molar-refractivity contribution is -0.141. The molecule has 1 heterocycles. The Bertz CT molecular complexity index is 1260. The lowest BCUT2D eigenvalue weighted by Gasteiger charge is -2.18. The van der Waals surface area contributed by atoms with Crippen molar-refractivity contribution < 1.29 is 27.6 Å². The van der Waals surface area contributed by atoms with E-state index in [0.717, 1.165) is 24.0 Å². The van der Waals surface area contributed by atoms with Gasteiger partial charge in [-0.05, 0) is 31.2 Å². The van der Waals surface area contributed by atoms with Gasteiger partial charge < -0.3 is 5.32 Å². The molecule has 0 saturated heterocycles. The van der Waals surface area contributed by atoms with E-state index >= 15 is 0 Å². The number of amides is 1. The summed E-state index contributed by atoms with van der Waals surface area (Å²) in [6.45, 7) is 1.49. The number of fused-ring (bicyclic) bond motifs is 2. The fourth-order valence-electron chi connectivity index (χ4n) is 3.19. The molecule has 0 spiro atoms. The number of ketones is 2. The Morgan fingerprint density at radius 3 is 2.25 bits per heavy atom. The Balaban J connectivity index is 1.51. The van der Waals surface area contributed by atoms with Crippen LogP contribution in [0.25, 0.3) is 0 Å². The topological polar surface area (TPSA) is 89.0 Å². The molecule has 0 radical (unpaired) electrons. The second-order valence-corrected chi connectivity index (χ2v) is 8.24. The number of rotatable bonds is 4. The molecule has 4 rings (SSSR count). The first-order chi connectivity index (χ1) is 15.1. The van der Waals surface area contributed by atoms with Gasteiger partial charge in [0, 0.05) is 34.1 Å². The molecule has 162 valence electrons. The van der Waals surface area contributed by atoms with Crippen LogP contribution in [-0.2, 0) is 11.0 Å². The summed E-state index contributed by atoms with van der Waals surface area (Å²) in [5.74, 6) is -1.13. The minimum absolute atomic E-state index is 0.174. The Morgan fingerprint density at radius 1 is 0.969 bits per heavy atom. The summed E-state index contributed by atoms with van der Waals surface area (Å²) in [6, 6.07) is 11.6. The molecule has 0 saturated carbocycles. The molecule has 1 atom stereocenters.